The lowest BCUT2D eigenvalue weighted by Gasteiger charge is -2.27. The minimum absolute atomic E-state index is 0.0747. The van der Waals surface area contributed by atoms with Gasteiger partial charge in [-0.15, -0.1) is 0 Å². The highest BCUT2D eigenvalue weighted by molar-refractivity contribution is 5.78. The molecule has 2 heterocycles. The number of benzene rings is 2. The highest BCUT2D eigenvalue weighted by Gasteiger charge is 2.28. The number of hydrogen-bond acceptors (Lipinski definition) is 4. The molecule has 1 atom stereocenters. The zero-order chi connectivity index (χ0) is 23.4. The van der Waals surface area contributed by atoms with Crippen molar-refractivity contribution in [2.75, 3.05) is 13.2 Å². The van der Waals surface area contributed by atoms with E-state index in [1.165, 1.54) is 0 Å². The maximum absolute atomic E-state index is 13.2. The molecule has 0 saturated carbocycles. The maximum Gasteiger partial charge on any atom is 0.225 e. The first-order valence-corrected chi connectivity index (χ1v) is 11.7. The van der Waals surface area contributed by atoms with Crippen LogP contribution in [-0.2, 0) is 23.1 Å². The average Bonchev–Trinajstić information content (AvgIpc) is 3.42. The SMILES string of the molecule is Cc1cccc(Oc2c(CN(C[C@@H]3CCCO3)C(=O)C(C)C)c(-c3ccccc3)nn2C)c1. The summed E-state index contributed by atoms with van der Waals surface area (Å²) in [6.45, 7) is 7.67. The van der Waals surface area contributed by atoms with Crippen molar-refractivity contribution in [3.63, 3.8) is 0 Å². The summed E-state index contributed by atoms with van der Waals surface area (Å²) in [7, 11) is 1.88. The molecule has 6 nitrogen and oxygen atoms in total. The molecule has 1 aliphatic rings. The summed E-state index contributed by atoms with van der Waals surface area (Å²) in [5.74, 6) is 1.40. The van der Waals surface area contributed by atoms with Crippen LogP contribution < -0.4 is 4.74 Å². The molecule has 0 radical (unpaired) electrons. The standard InChI is InChI=1S/C27H33N3O3/c1-19(2)26(31)30(17-23-14-9-15-32-23)18-24-25(21-11-6-5-7-12-21)28-29(4)27(24)33-22-13-8-10-20(3)16-22/h5-8,10-13,16,19,23H,9,14-15,17-18H2,1-4H3/t23-/m0/s1. The molecule has 4 rings (SSSR count). The predicted molar refractivity (Wildman–Crippen MR) is 129 cm³/mol. The van der Waals surface area contributed by atoms with Crippen molar-refractivity contribution in [2.45, 2.75) is 46.3 Å². The van der Waals surface area contributed by atoms with Crippen LogP contribution in [0.4, 0.5) is 0 Å². The highest BCUT2D eigenvalue weighted by atomic mass is 16.5. The van der Waals surface area contributed by atoms with Gasteiger partial charge >= 0.3 is 0 Å². The quantitative estimate of drug-likeness (QED) is 0.467. The Kier molecular flexibility index (Phi) is 7.14. The number of carbonyl (C=O) groups excluding carboxylic acids is 1. The normalized spacial score (nSPS) is 15.7. The molecule has 0 unspecified atom stereocenters. The molecule has 1 aromatic heterocycles. The van der Waals surface area contributed by atoms with Crippen LogP contribution in [0.3, 0.4) is 0 Å². The number of hydrogen-bond donors (Lipinski definition) is 0. The molecule has 3 aromatic rings. The van der Waals surface area contributed by atoms with Gasteiger partial charge in [-0.3, -0.25) is 4.79 Å². The Labute approximate surface area is 196 Å². The predicted octanol–water partition coefficient (Wildman–Crippen LogP) is 5.35. The fourth-order valence-corrected chi connectivity index (χ4v) is 4.26. The molecule has 1 amide bonds. The van der Waals surface area contributed by atoms with Crippen molar-refractivity contribution in [1.82, 2.24) is 14.7 Å². The second-order valence-electron chi connectivity index (χ2n) is 9.05. The van der Waals surface area contributed by atoms with Gasteiger partial charge in [0.1, 0.15) is 11.4 Å². The number of ether oxygens (including phenoxy) is 2. The zero-order valence-corrected chi connectivity index (χ0v) is 20.0. The molecule has 1 fully saturated rings. The molecule has 0 N–H and O–H groups in total. The van der Waals surface area contributed by atoms with E-state index in [0.29, 0.717) is 19.0 Å². The van der Waals surface area contributed by atoms with E-state index in [-0.39, 0.29) is 17.9 Å². The van der Waals surface area contributed by atoms with E-state index in [0.717, 1.165) is 47.6 Å². The summed E-state index contributed by atoms with van der Waals surface area (Å²) in [6, 6.07) is 18.0. The first kappa shape index (κ1) is 23.1. The number of rotatable bonds is 8. The smallest absolute Gasteiger partial charge is 0.225 e. The van der Waals surface area contributed by atoms with Gasteiger partial charge in [0.05, 0.1) is 18.2 Å². The van der Waals surface area contributed by atoms with E-state index in [1.54, 1.807) is 4.68 Å². The van der Waals surface area contributed by atoms with E-state index >= 15 is 0 Å². The minimum Gasteiger partial charge on any atom is -0.439 e. The fraction of sp³-hybridized carbons (Fsp3) is 0.407. The van der Waals surface area contributed by atoms with E-state index in [2.05, 4.69) is 0 Å². The van der Waals surface area contributed by atoms with Gasteiger partial charge in [-0.1, -0.05) is 56.3 Å². The van der Waals surface area contributed by atoms with Crippen molar-refractivity contribution in [3.05, 3.63) is 65.7 Å². The van der Waals surface area contributed by atoms with Crippen molar-refractivity contribution in [3.8, 4) is 22.9 Å². The van der Waals surface area contributed by atoms with Crippen LogP contribution in [0.2, 0.25) is 0 Å². The molecule has 33 heavy (non-hydrogen) atoms. The summed E-state index contributed by atoms with van der Waals surface area (Å²) < 4.78 is 14.0. The summed E-state index contributed by atoms with van der Waals surface area (Å²) in [5.41, 5.74) is 3.85. The second-order valence-corrected chi connectivity index (χ2v) is 9.05. The topological polar surface area (TPSA) is 56.6 Å². The van der Waals surface area contributed by atoms with Crippen LogP contribution in [-0.4, -0.2) is 39.8 Å². The molecular formula is C27H33N3O3. The number of amides is 1. The Hall–Kier alpha value is -3.12. The third-order valence-electron chi connectivity index (χ3n) is 5.94. The van der Waals surface area contributed by atoms with Crippen molar-refractivity contribution >= 4 is 5.91 Å². The molecule has 174 valence electrons. The number of aryl methyl sites for hydroxylation is 2. The van der Waals surface area contributed by atoms with Crippen molar-refractivity contribution < 1.29 is 14.3 Å². The molecular weight excluding hydrogens is 414 g/mol. The lowest BCUT2D eigenvalue weighted by molar-refractivity contribution is -0.136. The largest absolute Gasteiger partial charge is 0.439 e. The maximum atomic E-state index is 13.2. The fourth-order valence-electron chi connectivity index (χ4n) is 4.26. The molecule has 0 aliphatic carbocycles. The molecule has 0 bridgehead atoms. The van der Waals surface area contributed by atoms with Gasteiger partial charge in [-0.05, 0) is 37.5 Å². The minimum atomic E-state index is -0.107. The van der Waals surface area contributed by atoms with Crippen molar-refractivity contribution in [1.29, 1.82) is 0 Å². The monoisotopic (exact) mass is 447 g/mol. The summed E-state index contributed by atoms with van der Waals surface area (Å²) in [4.78, 5) is 15.1. The van der Waals surface area contributed by atoms with Gasteiger partial charge in [0.2, 0.25) is 11.8 Å². The summed E-state index contributed by atoms with van der Waals surface area (Å²) in [5, 5.41) is 4.81. The zero-order valence-electron chi connectivity index (χ0n) is 20.0. The van der Waals surface area contributed by atoms with Crippen LogP contribution in [0.1, 0.15) is 37.8 Å². The molecule has 2 aromatic carbocycles. The second kappa shape index (κ2) is 10.2. The average molecular weight is 448 g/mol. The first-order chi connectivity index (χ1) is 15.9. The third kappa shape index (κ3) is 5.45. The Bertz CT molecular complexity index is 1090. The Morgan fingerprint density at radius 3 is 2.67 bits per heavy atom. The van der Waals surface area contributed by atoms with Gasteiger partial charge in [0.25, 0.3) is 0 Å². The van der Waals surface area contributed by atoms with Gasteiger partial charge in [0, 0.05) is 31.7 Å². The van der Waals surface area contributed by atoms with Gasteiger partial charge in [0.15, 0.2) is 0 Å². The lowest BCUT2D eigenvalue weighted by Crippen LogP contribution is -2.39. The highest BCUT2D eigenvalue weighted by Crippen LogP contribution is 2.35. The van der Waals surface area contributed by atoms with Gasteiger partial charge < -0.3 is 14.4 Å². The van der Waals surface area contributed by atoms with E-state index < -0.39 is 0 Å². The lowest BCUT2D eigenvalue weighted by atomic mass is 10.1. The van der Waals surface area contributed by atoms with Gasteiger partial charge in [-0.2, -0.15) is 5.10 Å². The van der Waals surface area contributed by atoms with Crippen LogP contribution in [0.5, 0.6) is 11.6 Å². The Morgan fingerprint density at radius 2 is 2.00 bits per heavy atom. The summed E-state index contributed by atoms with van der Waals surface area (Å²) in [6.07, 6.45) is 2.09. The van der Waals surface area contributed by atoms with E-state index in [4.69, 9.17) is 14.6 Å². The summed E-state index contributed by atoms with van der Waals surface area (Å²) >= 11 is 0. The third-order valence-corrected chi connectivity index (χ3v) is 5.94. The van der Waals surface area contributed by atoms with Crippen LogP contribution in [0, 0.1) is 12.8 Å². The number of nitrogens with zero attached hydrogens (tertiary/aromatic N) is 3. The first-order valence-electron chi connectivity index (χ1n) is 11.7. The Morgan fingerprint density at radius 1 is 1.21 bits per heavy atom. The molecule has 1 saturated heterocycles. The van der Waals surface area contributed by atoms with Crippen LogP contribution >= 0.6 is 0 Å². The van der Waals surface area contributed by atoms with Crippen LogP contribution in [0.25, 0.3) is 11.3 Å². The van der Waals surface area contributed by atoms with E-state index in [9.17, 15) is 4.79 Å². The van der Waals surface area contributed by atoms with Gasteiger partial charge in [-0.25, -0.2) is 4.68 Å². The van der Waals surface area contributed by atoms with Crippen LogP contribution in [0.15, 0.2) is 54.6 Å². The van der Waals surface area contributed by atoms with E-state index in [1.807, 2.05) is 87.3 Å². The number of aromatic nitrogens is 2. The number of carbonyl (C=O) groups is 1. The molecule has 1 aliphatic heterocycles. The molecule has 0 spiro atoms. The molecule has 6 heteroatoms. The Balaban J connectivity index is 1.74. The van der Waals surface area contributed by atoms with Crippen molar-refractivity contribution in [2.24, 2.45) is 13.0 Å².